The first-order chi connectivity index (χ1) is 8.52. The van der Waals surface area contributed by atoms with Gasteiger partial charge >= 0.3 is 5.97 Å². The molecule has 0 bridgehead atoms. The van der Waals surface area contributed by atoms with Crippen molar-refractivity contribution in [3.63, 3.8) is 0 Å². The number of carboxylic acids is 1. The number of carbonyl (C=O) groups is 1. The number of fused-ring (bicyclic) bond motifs is 1. The average molecular weight is 255 g/mol. The topological polar surface area (TPSA) is 63.3 Å². The van der Waals surface area contributed by atoms with E-state index < -0.39 is 12.0 Å². The van der Waals surface area contributed by atoms with E-state index in [-0.39, 0.29) is 5.92 Å². The van der Waals surface area contributed by atoms with Crippen molar-refractivity contribution in [1.82, 2.24) is 0 Å². The quantitative estimate of drug-likeness (QED) is 0.794. The van der Waals surface area contributed by atoms with E-state index in [4.69, 9.17) is 10.8 Å². The maximum Gasteiger partial charge on any atom is 0.320 e. The zero-order valence-electron chi connectivity index (χ0n) is 11.9. The molecule has 0 heterocycles. The molecule has 0 amide bonds. The Labute approximate surface area is 111 Å². The summed E-state index contributed by atoms with van der Waals surface area (Å²) in [6, 6.07) is -0.713. The van der Waals surface area contributed by atoms with E-state index >= 15 is 0 Å². The van der Waals surface area contributed by atoms with Gasteiger partial charge in [-0.05, 0) is 17.8 Å². The van der Waals surface area contributed by atoms with Crippen molar-refractivity contribution in [3.05, 3.63) is 0 Å². The van der Waals surface area contributed by atoms with Gasteiger partial charge in [0.05, 0.1) is 0 Å². The van der Waals surface area contributed by atoms with Gasteiger partial charge in [-0.2, -0.15) is 0 Å². The SMILES string of the molecule is C1CC[C@H]2CCCC[C@@H]2C1.CC(C)[C@H](N)C(=O)O. The van der Waals surface area contributed by atoms with Gasteiger partial charge in [0.2, 0.25) is 0 Å². The molecule has 0 unspecified atom stereocenters. The number of nitrogens with two attached hydrogens (primary N) is 1. The lowest BCUT2D eigenvalue weighted by molar-refractivity contribution is -0.139. The Kier molecular flexibility index (Phi) is 6.69. The predicted molar refractivity (Wildman–Crippen MR) is 74.4 cm³/mol. The molecule has 3 N–H and O–H groups in total. The number of hydrogen-bond acceptors (Lipinski definition) is 2. The maximum absolute atomic E-state index is 10.0. The second kappa shape index (κ2) is 7.78. The first kappa shape index (κ1) is 15.5. The number of aliphatic carboxylic acids is 1. The van der Waals surface area contributed by atoms with Gasteiger partial charge in [0.25, 0.3) is 0 Å². The van der Waals surface area contributed by atoms with Gasteiger partial charge in [-0.1, -0.05) is 65.2 Å². The summed E-state index contributed by atoms with van der Waals surface area (Å²) in [6.07, 6.45) is 12.4. The summed E-state index contributed by atoms with van der Waals surface area (Å²) >= 11 is 0. The van der Waals surface area contributed by atoms with Gasteiger partial charge in [-0.15, -0.1) is 0 Å². The zero-order valence-corrected chi connectivity index (χ0v) is 11.9. The Morgan fingerprint density at radius 3 is 1.50 bits per heavy atom. The highest BCUT2D eigenvalue weighted by Gasteiger charge is 2.26. The first-order valence-electron chi connectivity index (χ1n) is 7.50. The second-order valence-electron chi connectivity index (χ2n) is 6.20. The van der Waals surface area contributed by atoms with Crippen molar-refractivity contribution in [2.24, 2.45) is 23.5 Å². The van der Waals surface area contributed by atoms with Gasteiger partial charge in [-0.25, -0.2) is 0 Å². The van der Waals surface area contributed by atoms with E-state index in [2.05, 4.69) is 0 Å². The molecule has 2 fully saturated rings. The molecule has 1 atom stereocenters. The molecule has 0 aromatic carbocycles. The molecule has 3 nitrogen and oxygen atoms in total. The summed E-state index contributed by atoms with van der Waals surface area (Å²) in [4.78, 5) is 10.0. The predicted octanol–water partition coefficient (Wildman–Crippen LogP) is 3.42. The standard InChI is InChI=1S/C10H18.C5H11NO2/c1-2-6-10-8-4-3-7-9(10)5-1;1-3(2)4(6)5(7)8/h9-10H,1-8H2;3-4H,6H2,1-2H3,(H,7,8)/t9-,10-;4-/m.0/s1. The van der Waals surface area contributed by atoms with Crippen LogP contribution >= 0.6 is 0 Å². The van der Waals surface area contributed by atoms with Gasteiger partial charge in [0.15, 0.2) is 0 Å². The summed E-state index contributed by atoms with van der Waals surface area (Å²) < 4.78 is 0. The van der Waals surface area contributed by atoms with E-state index in [1.807, 2.05) is 0 Å². The van der Waals surface area contributed by atoms with E-state index in [0.717, 1.165) is 11.8 Å². The molecule has 0 spiro atoms. The van der Waals surface area contributed by atoms with E-state index in [1.54, 1.807) is 39.5 Å². The van der Waals surface area contributed by atoms with E-state index in [1.165, 1.54) is 25.7 Å². The van der Waals surface area contributed by atoms with Crippen LogP contribution in [-0.4, -0.2) is 17.1 Å². The largest absolute Gasteiger partial charge is 0.480 e. The first-order valence-corrected chi connectivity index (χ1v) is 7.50. The molecule has 0 saturated heterocycles. The number of rotatable bonds is 2. The van der Waals surface area contributed by atoms with Crippen LogP contribution < -0.4 is 5.73 Å². The molecule has 2 aliphatic rings. The minimum absolute atomic E-state index is 0.0208. The lowest BCUT2D eigenvalue weighted by atomic mass is 9.71. The van der Waals surface area contributed by atoms with Crippen LogP contribution in [0.25, 0.3) is 0 Å². The normalized spacial score (nSPS) is 28.9. The molecule has 18 heavy (non-hydrogen) atoms. The Balaban J connectivity index is 0.000000187. The van der Waals surface area contributed by atoms with Crippen molar-refractivity contribution >= 4 is 5.97 Å². The lowest BCUT2D eigenvalue weighted by Gasteiger charge is -2.35. The summed E-state index contributed by atoms with van der Waals surface area (Å²) in [5.74, 6) is 1.40. The maximum atomic E-state index is 10.0. The minimum Gasteiger partial charge on any atom is -0.480 e. The van der Waals surface area contributed by atoms with Crippen LogP contribution in [-0.2, 0) is 4.79 Å². The molecule has 2 aliphatic carbocycles. The van der Waals surface area contributed by atoms with Crippen molar-refractivity contribution in [3.8, 4) is 0 Å². The monoisotopic (exact) mass is 255 g/mol. The van der Waals surface area contributed by atoms with Gasteiger partial charge in [0.1, 0.15) is 6.04 Å². The molecular weight excluding hydrogens is 226 g/mol. The van der Waals surface area contributed by atoms with Crippen LogP contribution in [0.15, 0.2) is 0 Å². The van der Waals surface area contributed by atoms with Crippen LogP contribution in [0, 0.1) is 17.8 Å². The Hall–Kier alpha value is -0.570. The fourth-order valence-electron chi connectivity index (χ4n) is 3.14. The van der Waals surface area contributed by atoms with Crippen molar-refractivity contribution < 1.29 is 9.90 Å². The van der Waals surface area contributed by atoms with Crippen molar-refractivity contribution in [1.29, 1.82) is 0 Å². The van der Waals surface area contributed by atoms with Gasteiger partial charge in [-0.3, -0.25) is 4.79 Å². The van der Waals surface area contributed by atoms with E-state index in [0.29, 0.717) is 0 Å². The minimum atomic E-state index is -0.931. The third-order valence-corrected chi connectivity index (χ3v) is 4.47. The summed E-state index contributed by atoms with van der Waals surface area (Å²) in [7, 11) is 0. The highest BCUT2D eigenvalue weighted by molar-refractivity contribution is 5.73. The Bertz CT molecular complexity index is 227. The Morgan fingerprint density at radius 1 is 1.00 bits per heavy atom. The van der Waals surface area contributed by atoms with Gasteiger partial charge < -0.3 is 10.8 Å². The number of hydrogen-bond donors (Lipinski definition) is 2. The van der Waals surface area contributed by atoms with Crippen LogP contribution in [0.1, 0.15) is 65.2 Å². The van der Waals surface area contributed by atoms with Crippen LogP contribution in [0.2, 0.25) is 0 Å². The summed E-state index contributed by atoms with van der Waals surface area (Å²) in [5.41, 5.74) is 5.16. The highest BCUT2D eigenvalue weighted by Crippen LogP contribution is 2.39. The molecule has 2 rings (SSSR count). The van der Waals surface area contributed by atoms with Crippen LogP contribution in [0.5, 0.6) is 0 Å². The molecule has 0 aromatic rings. The van der Waals surface area contributed by atoms with Crippen LogP contribution in [0.4, 0.5) is 0 Å². The van der Waals surface area contributed by atoms with Crippen molar-refractivity contribution in [2.75, 3.05) is 0 Å². The molecule has 0 aliphatic heterocycles. The van der Waals surface area contributed by atoms with Crippen molar-refractivity contribution in [2.45, 2.75) is 71.3 Å². The lowest BCUT2D eigenvalue weighted by Crippen LogP contribution is -2.34. The fraction of sp³-hybridized carbons (Fsp3) is 0.933. The molecule has 3 heteroatoms. The molecular formula is C15H29NO2. The zero-order chi connectivity index (χ0) is 13.5. The van der Waals surface area contributed by atoms with Gasteiger partial charge in [0, 0.05) is 0 Å². The third-order valence-electron chi connectivity index (χ3n) is 4.47. The Morgan fingerprint density at radius 2 is 1.33 bits per heavy atom. The summed E-state index contributed by atoms with van der Waals surface area (Å²) in [5, 5.41) is 8.23. The smallest absolute Gasteiger partial charge is 0.320 e. The molecule has 0 radical (unpaired) electrons. The second-order valence-corrected chi connectivity index (χ2v) is 6.20. The fourth-order valence-corrected chi connectivity index (χ4v) is 3.14. The molecule has 2 saturated carbocycles. The third kappa shape index (κ3) is 4.97. The van der Waals surface area contributed by atoms with E-state index in [9.17, 15) is 4.79 Å². The molecule has 0 aromatic heterocycles. The average Bonchev–Trinajstić information content (AvgIpc) is 2.38. The number of carboxylic acid groups (broad SMARTS) is 1. The highest BCUT2D eigenvalue weighted by atomic mass is 16.4. The summed E-state index contributed by atoms with van der Waals surface area (Å²) in [6.45, 7) is 3.55. The van der Waals surface area contributed by atoms with Crippen LogP contribution in [0.3, 0.4) is 0 Å². The molecule has 106 valence electrons.